The van der Waals surface area contributed by atoms with Crippen molar-refractivity contribution in [3.8, 4) is 16.3 Å². The molecule has 2 aromatic carbocycles. The molecule has 0 spiro atoms. The van der Waals surface area contributed by atoms with Gasteiger partial charge in [0, 0.05) is 34.0 Å². The summed E-state index contributed by atoms with van der Waals surface area (Å²) in [7, 11) is 1.58. The van der Waals surface area contributed by atoms with E-state index < -0.39 is 17.7 Å². The molecule has 0 saturated heterocycles. The Bertz CT molecular complexity index is 1310. The van der Waals surface area contributed by atoms with Crippen molar-refractivity contribution in [3.05, 3.63) is 70.4 Å². The van der Waals surface area contributed by atoms with Gasteiger partial charge in [-0.25, -0.2) is 4.98 Å². The highest BCUT2D eigenvalue weighted by molar-refractivity contribution is 7.15. The molecule has 4 rings (SSSR count). The first kappa shape index (κ1) is 22.8. The zero-order valence-corrected chi connectivity index (χ0v) is 18.8. The first-order chi connectivity index (χ1) is 15.7. The van der Waals surface area contributed by atoms with Crippen LogP contribution in [0.1, 0.15) is 28.1 Å². The first-order valence-corrected chi connectivity index (χ1v) is 11.0. The molecule has 0 saturated carbocycles. The van der Waals surface area contributed by atoms with E-state index in [1.807, 2.05) is 35.9 Å². The molecular weight excluding hydrogens is 453 g/mol. The van der Waals surface area contributed by atoms with Crippen molar-refractivity contribution in [2.75, 3.05) is 7.11 Å². The van der Waals surface area contributed by atoms with Gasteiger partial charge in [-0.3, -0.25) is 4.79 Å². The Kier molecular flexibility index (Phi) is 6.16. The fraction of sp³-hybridized carbons (Fsp3) is 0.250. The normalized spacial score (nSPS) is 11.8. The average molecular weight is 475 g/mol. The van der Waals surface area contributed by atoms with Gasteiger partial charge in [0.05, 0.1) is 24.9 Å². The number of hydrogen-bond acceptors (Lipinski definition) is 4. The minimum absolute atomic E-state index is 0.0218. The highest BCUT2D eigenvalue weighted by Crippen LogP contribution is 2.34. The number of carbonyl (C=O) groups is 1. The number of carboxylic acid groups (broad SMARTS) is 1. The Hall–Kier alpha value is -3.33. The molecule has 1 N–H and O–H groups in total. The Balaban J connectivity index is 1.66. The van der Waals surface area contributed by atoms with Crippen molar-refractivity contribution in [2.45, 2.75) is 32.5 Å². The van der Waals surface area contributed by atoms with Crippen LogP contribution in [0.2, 0.25) is 0 Å². The molecule has 0 fully saturated rings. The number of carboxylic acids is 1. The van der Waals surface area contributed by atoms with Crippen LogP contribution in [0.4, 0.5) is 13.2 Å². The van der Waals surface area contributed by atoms with Gasteiger partial charge in [-0.2, -0.15) is 13.2 Å². The number of aliphatic carboxylic acids is 1. The molecule has 4 aromatic rings. The van der Waals surface area contributed by atoms with Gasteiger partial charge in [0.15, 0.2) is 0 Å². The van der Waals surface area contributed by atoms with Gasteiger partial charge in [0.25, 0.3) is 0 Å². The fourth-order valence-corrected chi connectivity index (χ4v) is 4.77. The van der Waals surface area contributed by atoms with Crippen molar-refractivity contribution in [2.24, 2.45) is 0 Å². The molecule has 0 aliphatic heterocycles. The number of ether oxygens (including phenoxy) is 1. The molecule has 9 heteroatoms. The van der Waals surface area contributed by atoms with E-state index in [2.05, 4.69) is 4.98 Å². The third kappa shape index (κ3) is 4.88. The van der Waals surface area contributed by atoms with E-state index in [1.165, 1.54) is 23.5 Å². The standard InChI is InChI=1S/C24H21F3N2O3S/c1-14-21(33-23(28-14)15-3-6-17(7-4-15)24(25,26)27)13-29-12-16(5-10-22(30)31)19-11-18(32-2)8-9-20(19)29/h3-4,6-9,11-12H,5,10,13H2,1-2H3,(H,30,31). The van der Waals surface area contributed by atoms with Crippen LogP contribution in [0.3, 0.4) is 0 Å². The summed E-state index contributed by atoms with van der Waals surface area (Å²) in [5.74, 6) is -0.173. The average Bonchev–Trinajstić information content (AvgIpc) is 3.31. The van der Waals surface area contributed by atoms with E-state index >= 15 is 0 Å². The fourth-order valence-electron chi connectivity index (χ4n) is 3.70. The lowest BCUT2D eigenvalue weighted by Crippen LogP contribution is -2.03. The van der Waals surface area contributed by atoms with Gasteiger partial charge in [0.2, 0.25) is 0 Å². The maximum Gasteiger partial charge on any atom is 0.416 e. The van der Waals surface area contributed by atoms with Gasteiger partial charge in [0.1, 0.15) is 10.8 Å². The topological polar surface area (TPSA) is 64.3 Å². The zero-order valence-electron chi connectivity index (χ0n) is 17.9. The molecule has 172 valence electrons. The van der Waals surface area contributed by atoms with Gasteiger partial charge in [-0.05, 0) is 49.2 Å². The molecule has 0 amide bonds. The van der Waals surface area contributed by atoms with Crippen molar-refractivity contribution < 1.29 is 27.8 Å². The Labute approximate surface area is 192 Å². The van der Waals surface area contributed by atoms with E-state index in [0.717, 1.165) is 39.2 Å². The molecule has 0 radical (unpaired) electrons. The number of aromatic nitrogens is 2. The third-order valence-corrected chi connectivity index (χ3v) is 6.64. The summed E-state index contributed by atoms with van der Waals surface area (Å²) in [4.78, 5) is 16.6. The van der Waals surface area contributed by atoms with Crippen molar-refractivity contribution >= 4 is 28.2 Å². The monoisotopic (exact) mass is 474 g/mol. The zero-order chi connectivity index (χ0) is 23.8. The van der Waals surface area contributed by atoms with Gasteiger partial charge < -0.3 is 14.4 Å². The predicted molar refractivity (Wildman–Crippen MR) is 121 cm³/mol. The smallest absolute Gasteiger partial charge is 0.416 e. The van der Waals surface area contributed by atoms with E-state index in [0.29, 0.717) is 29.3 Å². The summed E-state index contributed by atoms with van der Waals surface area (Å²) in [6.07, 6.45) is -2.01. The number of fused-ring (bicyclic) bond motifs is 1. The second-order valence-corrected chi connectivity index (χ2v) is 8.75. The number of halogens is 3. The molecule has 5 nitrogen and oxygen atoms in total. The Morgan fingerprint density at radius 2 is 1.91 bits per heavy atom. The van der Waals surface area contributed by atoms with Crippen molar-refractivity contribution in [1.82, 2.24) is 9.55 Å². The minimum Gasteiger partial charge on any atom is -0.497 e. The molecule has 0 atom stereocenters. The number of aryl methyl sites for hydroxylation is 2. The summed E-state index contributed by atoms with van der Waals surface area (Å²) in [5, 5.41) is 10.7. The Morgan fingerprint density at radius 3 is 2.55 bits per heavy atom. The van der Waals surface area contributed by atoms with Crippen LogP contribution < -0.4 is 4.74 Å². The van der Waals surface area contributed by atoms with Crippen LogP contribution in [-0.4, -0.2) is 27.7 Å². The first-order valence-electron chi connectivity index (χ1n) is 10.2. The number of benzene rings is 2. The summed E-state index contributed by atoms with van der Waals surface area (Å²) >= 11 is 1.43. The Morgan fingerprint density at radius 1 is 1.18 bits per heavy atom. The van der Waals surface area contributed by atoms with Crippen LogP contribution in [-0.2, 0) is 23.9 Å². The number of alkyl halides is 3. The highest BCUT2D eigenvalue weighted by atomic mass is 32.1. The van der Waals surface area contributed by atoms with E-state index in [1.54, 1.807) is 7.11 Å². The number of hydrogen-bond donors (Lipinski definition) is 1. The quantitative estimate of drug-likeness (QED) is 0.348. The molecule has 2 heterocycles. The second-order valence-electron chi connectivity index (χ2n) is 7.66. The van der Waals surface area contributed by atoms with Crippen molar-refractivity contribution in [1.29, 1.82) is 0 Å². The SMILES string of the molecule is COc1ccc2c(c1)c(CCC(=O)O)cn2Cc1sc(-c2ccc(C(F)(F)F)cc2)nc1C. The van der Waals surface area contributed by atoms with Gasteiger partial charge in [-0.15, -0.1) is 11.3 Å². The lowest BCUT2D eigenvalue weighted by Gasteiger charge is -2.06. The van der Waals surface area contributed by atoms with Crippen molar-refractivity contribution in [3.63, 3.8) is 0 Å². The molecular formula is C24H21F3N2O3S. The van der Waals surface area contributed by atoms with Crippen LogP contribution in [0.15, 0.2) is 48.7 Å². The number of methoxy groups -OCH3 is 1. The number of nitrogens with zero attached hydrogens (tertiary/aromatic N) is 2. The predicted octanol–water partition coefficient (Wildman–Crippen LogP) is 6.17. The molecule has 0 unspecified atom stereocenters. The lowest BCUT2D eigenvalue weighted by atomic mass is 10.1. The van der Waals surface area contributed by atoms with Gasteiger partial charge in [-0.1, -0.05) is 12.1 Å². The lowest BCUT2D eigenvalue weighted by molar-refractivity contribution is -0.138. The summed E-state index contributed by atoms with van der Waals surface area (Å²) < 4.78 is 45.9. The summed E-state index contributed by atoms with van der Waals surface area (Å²) in [5.41, 5.74) is 2.60. The minimum atomic E-state index is -4.38. The van der Waals surface area contributed by atoms with E-state index in [-0.39, 0.29) is 6.42 Å². The van der Waals surface area contributed by atoms with Crippen LogP contribution >= 0.6 is 11.3 Å². The van der Waals surface area contributed by atoms with Crippen LogP contribution in [0, 0.1) is 6.92 Å². The van der Waals surface area contributed by atoms with Crippen LogP contribution in [0.5, 0.6) is 5.75 Å². The second kappa shape index (κ2) is 8.90. The van der Waals surface area contributed by atoms with Gasteiger partial charge >= 0.3 is 12.1 Å². The number of thiazole rings is 1. The maximum atomic E-state index is 12.9. The van der Waals surface area contributed by atoms with Crippen LogP contribution in [0.25, 0.3) is 21.5 Å². The summed E-state index contributed by atoms with van der Waals surface area (Å²) in [6.45, 7) is 2.39. The molecule has 0 aliphatic carbocycles. The third-order valence-electron chi connectivity index (χ3n) is 5.44. The molecule has 2 aromatic heterocycles. The molecule has 0 aliphatic rings. The molecule has 0 bridgehead atoms. The highest BCUT2D eigenvalue weighted by Gasteiger charge is 2.30. The maximum absolute atomic E-state index is 12.9. The van der Waals surface area contributed by atoms with E-state index in [4.69, 9.17) is 9.84 Å². The largest absolute Gasteiger partial charge is 0.497 e. The van der Waals surface area contributed by atoms with E-state index in [9.17, 15) is 18.0 Å². The molecule has 33 heavy (non-hydrogen) atoms. The summed E-state index contributed by atoms with van der Waals surface area (Å²) in [6, 6.07) is 10.7. The number of rotatable bonds is 7.